The maximum Gasteiger partial charge on any atom is 0.184 e. The number of halogens is 1. The van der Waals surface area contributed by atoms with Crippen molar-refractivity contribution in [2.75, 3.05) is 0 Å². The van der Waals surface area contributed by atoms with E-state index in [-0.39, 0.29) is 0 Å². The summed E-state index contributed by atoms with van der Waals surface area (Å²) < 4.78 is 0.528. The van der Waals surface area contributed by atoms with Crippen LogP contribution in [-0.2, 0) is 0 Å². The van der Waals surface area contributed by atoms with Crippen molar-refractivity contribution in [3.05, 3.63) is 27.9 Å². The molecule has 0 aliphatic carbocycles. The van der Waals surface area contributed by atoms with Crippen LogP contribution < -0.4 is 0 Å². The van der Waals surface area contributed by atoms with Gasteiger partial charge in [-0.3, -0.25) is 9.97 Å². The highest BCUT2D eigenvalue weighted by molar-refractivity contribution is 7.14. The molecular weight excluding hydrogens is 206 g/mol. The van der Waals surface area contributed by atoms with Crippen LogP contribution in [0.4, 0.5) is 0 Å². The summed E-state index contributed by atoms with van der Waals surface area (Å²) in [7, 11) is 0. The number of rotatable bonds is 1. The molecule has 0 saturated carbocycles. The van der Waals surface area contributed by atoms with Crippen LogP contribution >= 0.6 is 22.9 Å². The second-order valence-corrected chi connectivity index (χ2v) is 3.92. The van der Waals surface area contributed by atoms with Crippen molar-refractivity contribution >= 4 is 22.9 Å². The molecule has 3 nitrogen and oxygen atoms in total. The molecule has 2 aromatic rings. The molecule has 0 aliphatic heterocycles. The Hall–Kier alpha value is -1.00. The predicted molar refractivity (Wildman–Crippen MR) is 52.9 cm³/mol. The van der Waals surface area contributed by atoms with Gasteiger partial charge in [0.05, 0.1) is 5.69 Å². The smallest absolute Gasteiger partial charge is 0.184 e. The lowest BCUT2D eigenvalue weighted by Crippen LogP contribution is -1.90. The topological polar surface area (TPSA) is 38.7 Å². The highest BCUT2D eigenvalue weighted by atomic mass is 35.5. The average molecular weight is 212 g/mol. The van der Waals surface area contributed by atoms with Crippen molar-refractivity contribution < 1.29 is 0 Å². The Morgan fingerprint density at radius 2 is 2.08 bits per heavy atom. The molecule has 0 spiro atoms. The summed E-state index contributed by atoms with van der Waals surface area (Å²) in [6.45, 7) is 1.90. The summed E-state index contributed by atoms with van der Waals surface area (Å²) in [5, 5.41) is 1.87. The van der Waals surface area contributed by atoms with Crippen molar-refractivity contribution in [2.45, 2.75) is 6.92 Å². The molecule has 0 radical (unpaired) electrons. The fourth-order valence-corrected chi connectivity index (χ4v) is 1.77. The maximum absolute atomic E-state index is 5.72. The van der Waals surface area contributed by atoms with Crippen molar-refractivity contribution in [1.82, 2.24) is 15.0 Å². The summed E-state index contributed by atoms with van der Waals surface area (Å²) in [5.41, 5.74) is 2.45. The Balaban J connectivity index is 2.52. The van der Waals surface area contributed by atoms with E-state index in [0.717, 1.165) is 17.1 Å². The van der Waals surface area contributed by atoms with Gasteiger partial charge >= 0.3 is 0 Å². The summed E-state index contributed by atoms with van der Waals surface area (Å²) in [4.78, 5) is 12.4. The van der Waals surface area contributed by atoms with E-state index in [2.05, 4.69) is 15.0 Å². The molecule has 0 bridgehead atoms. The van der Waals surface area contributed by atoms with Gasteiger partial charge in [0.2, 0.25) is 0 Å². The molecule has 0 amide bonds. The molecule has 2 heterocycles. The second-order valence-electron chi connectivity index (χ2n) is 2.48. The van der Waals surface area contributed by atoms with Crippen molar-refractivity contribution in [1.29, 1.82) is 0 Å². The van der Waals surface area contributed by atoms with E-state index < -0.39 is 0 Å². The molecule has 0 N–H and O–H groups in total. The third kappa shape index (κ3) is 1.68. The van der Waals surface area contributed by atoms with Gasteiger partial charge in [0.25, 0.3) is 0 Å². The zero-order valence-corrected chi connectivity index (χ0v) is 8.43. The van der Waals surface area contributed by atoms with Gasteiger partial charge < -0.3 is 0 Å². The fourth-order valence-electron chi connectivity index (χ4n) is 1.02. The molecule has 2 rings (SSSR count). The normalized spacial score (nSPS) is 10.3. The Bertz CT molecular complexity index is 427. The van der Waals surface area contributed by atoms with Crippen LogP contribution in [0.2, 0.25) is 4.47 Å². The maximum atomic E-state index is 5.72. The van der Waals surface area contributed by atoms with Crippen LogP contribution in [0.3, 0.4) is 0 Å². The minimum atomic E-state index is 0.528. The van der Waals surface area contributed by atoms with Gasteiger partial charge in [-0.15, -0.1) is 11.3 Å². The zero-order valence-electron chi connectivity index (χ0n) is 6.86. The van der Waals surface area contributed by atoms with Crippen LogP contribution in [0.25, 0.3) is 11.4 Å². The number of hydrogen-bond donors (Lipinski definition) is 0. The van der Waals surface area contributed by atoms with Gasteiger partial charge in [0.1, 0.15) is 11.4 Å². The van der Waals surface area contributed by atoms with E-state index in [1.54, 1.807) is 12.4 Å². The van der Waals surface area contributed by atoms with Crippen LogP contribution in [0, 0.1) is 6.92 Å². The Morgan fingerprint density at radius 3 is 2.69 bits per heavy atom. The second kappa shape index (κ2) is 3.40. The van der Waals surface area contributed by atoms with E-state index in [4.69, 9.17) is 11.6 Å². The first-order chi connectivity index (χ1) is 6.27. The monoisotopic (exact) mass is 211 g/mol. The van der Waals surface area contributed by atoms with E-state index >= 15 is 0 Å². The lowest BCUT2D eigenvalue weighted by molar-refractivity contribution is 1.11. The molecule has 0 saturated heterocycles. The molecule has 0 fully saturated rings. The molecule has 2 aromatic heterocycles. The van der Waals surface area contributed by atoms with E-state index in [0.29, 0.717) is 4.47 Å². The Morgan fingerprint density at radius 1 is 1.31 bits per heavy atom. The summed E-state index contributed by atoms with van der Waals surface area (Å²) >= 11 is 7.12. The molecule has 0 atom stereocenters. The molecule has 13 heavy (non-hydrogen) atoms. The van der Waals surface area contributed by atoms with E-state index in [1.165, 1.54) is 11.3 Å². The first-order valence-corrected chi connectivity index (χ1v) is 4.92. The largest absolute Gasteiger partial charge is 0.258 e. The Labute approximate surface area is 84.5 Å². The number of aryl methyl sites for hydroxylation is 1. The Kier molecular flexibility index (Phi) is 2.24. The van der Waals surface area contributed by atoms with Crippen molar-refractivity contribution in [3.8, 4) is 11.4 Å². The van der Waals surface area contributed by atoms with Crippen LogP contribution in [0.1, 0.15) is 5.69 Å². The standard InChI is InChI=1S/C8H6ClN3S/c1-5-7(11-3-2-10-5)6-4-13-8(9)12-6/h2-4H,1H3. The molecule has 0 aliphatic rings. The fraction of sp³-hybridized carbons (Fsp3) is 0.125. The van der Waals surface area contributed by atoms with Crippen LogP contribution in [0.15, 0.2) is 17.8 Å². The third-order valence-corrected chi connectivity index (χ3v) is 2.58. The summed E-state index contributed by atoms with van der Waals surface area (Å²) in [6, 6.07) is 0. The molecule has 0 unspecified atom stereocenters. The molecule has 5 heteroatoms. The number of thiazole rings is 1. The lowest BCUT2D eigenvalue weighted by atomic mass is 10.3. The lowest BCUT2D eigenvalue weighted by Gasteiger charge is -1.97. The van der Waals surface area contributed by atoms with Crippen molar-refractivity contribution in [3.63, 3.8) is 0 Å². The van der Waals surface area contributed by atoms with Gasteiger partial charge in [-0.25, -0.2) is 4.98 Å². The van der Waals surface area contributed by atoms with Gasteiger partial charge in [0, 0.05) is 17.8 Å². The van der Waals surface area contributed by atoms with Crippen molar-refractivity contribution in [2.24, 2.45) is 0 Å². The minimum Gasteiger partial charge on any atom is -0.258 e. The molecular formula is C8H6ClN3S. The highest BCUT2D eigenvalue weighted by Gasteiger charge is 2.07. The number of aromatic nitrogens is 3. The molecule has 0 aromatic carbocycles. The van der Waals surface area contributed by atoms with E-state index in [9.17, 15) is 0 Å². The van der Waals surface area contributed by atoms with Gasteiger partial charge in [-0.2, -0.15) is 0 Å². The quantitative estimate of drug-likeness (QED) is 0.728. The average Bonchev–Trinajstić information content (AvgIpc) is 2.53. The number of hydrogen-bond acceptors (Lipinski definition) is 4. The number of nitrogens with zero attached hydrogens (tertiary/aromatic N) is 3. The van der Waals surface area contributed by atoms with Gasteiger partial charge in [-0.05, 0) is 6.92 Å². The minimum absolute atomic E-state index is 0.528. The third-order valence-electron chi connectivity index (χ3n) is 1.60. The first-order valence-electron chi connectivity index (χ1n) is 3.66. The van der Waals surface area contributed by atoms with Gasteiger partial charge in [0.15, 0.2) is 4.47 Å². The highest BCUT2D eigenvalue weighted by Crippen LogP contribution is 2.23. The van der Waals surface area contributed by atoms with Gasteiger partial charge in [-0.1, -0.05) is 11.6 Å². The SMILES string of the molecule is Cc1nccnc1-c1csc(Cl)n1. The molecule has 66 valence electrons. The zero-order chi connectivity index (χ0) is 9.26. The first kappa shape index (κ1) is 8.59. The van der Waals surface area contributed by atoms with E-state index in [1.807, 2.05) is 12.3 Å². The summed E-state index contributed by atoms with van der Waals surface area (Å²) in [6.07, 6.45) is 3.31. The summed E-state index contributed by atoms with van der Waals surface area (Å²) in [5.74, 6) is 0. The van der Waals surface area contributed by atoms with Crippen LogP contribution in [-0.4, -0.2) is 15.0 Å². The predicted octanol–water partition coefficient (Wildman–Crippen LogP) is 2.56. The van der Waals surface area contributed by atoms with Crippen LogP contribution in [0.5, 0.6) is 0 Å².